The van der Waals surface area contributed by atoms with Gasteiger partial charge in [0.1, 0.15) is 5.75 Å². The van der Waals surface area contributed by atoms with Crippen LogP contribution in [0, 0.1) is 5.92 Å². The van der Waals surface area contributed by atoms with E-state index in [1.54, 1.807) is 7.11 Å². The molecular weight excluding hydrogens is 378 g/mol. The second-order valence-corrected chi connectivity index (χ2v) is 7.64. The molecule has 0 saturated carbocycles. The number of nitrogens with zero attached hydrogens (tertiary/aromatic N) is 6. The van der Waals surface area contributed by atoms with Crippen LogP contribution in [0.25, 0.3) is 5.69 Å². The van der Waals surface area contributed by atoms with Crippen LogP contribution in [0.2, 0.25) is 0 Å². The highest BCUT2D eigenvalue weighted by molar-refractivity contribution is 5.80. The van der Waals surface area contributed by atoms with E-state index >= 15 is 0 Å². The zero-order valence-corrected chi connectivity index (χ0v) is 17.8. The molecule has 1 N–H and O–H groups in total. The van der Waals surface area contributed by atoms with E-state index < -0.39 is 0 Å². The van der Waals surface area contributed by atoms with Gasteiger partial charge in [0.2, 0.25) is 0 Å². The first-order valence-electron chi connectivity index (χ1n) is 10.3. The van der Waals surface area contributed by atoms with Crippen molar-refractivity contribution in [1.29, 1.82) is 0 Å². The molecule has 4 rings (SSSR count). The Morgan fingerprint density at radius 1 is 1.23 bits per heavy atom. The third kappa shape index (κ3) is 4.32. The molecule has 3 aromatic rings. The molecule has 0 spiro atoms. The van der Waals surface area contributed by atoms with Crippen LogP contribution < -0.4 is 10.1 Å². The summed E-state index contributed by atoms with van der Waals surface area (Å²) in [4.78, 5) is 11.1. The first-order valence-corrected chi connectivity index (χ1v) is 10.3. The molecule has 0 aliphatic carbocycles. The Labute approximate surface area is 177 Å². The van der Waals surface area contributed by atoms with Gasteiger partial charge in [-0.2, -0.15) is 5.10 Å². The first-order chi connectivity index (χ1) is 14.7. The average Bonchev–Trinajstić information content (AvgIpc) is 3.48. The summed E-state index contributed by atoms with van der Waals surface area (Å²) in [6, 6.07) is 10.3. The van der Waals surface area contributed by atoms with E-state index in [-0.39, 0.29) is 0 Å². The number of benzene rings is 1. The Morgan fingerprint density at radius 2 is 2.07 bits per heavy atom. The number of hydrogen-bond donors (Lipinski definition) is 1. The number of likely N-dealkylation sites (tertiary alicyclic amines) is 1. The van der Waals surface area contributed by atoms with E-state index in [1.807, 2.05) is 67.0 Å². The van der Waals surface area contributed by atoms with Gasteiger partial charge in [-0.1, -0.05) is 6.92 Å². The van der Waals surface area contributed by atoms with Crippen LogP contribution in [0.1, 0.15) is 25.1 Å². The molecule has 30 heavy (non-hydrogen) atoms. The lowest BCUT2D eigenvalue weighted by Crippen LogP contribution is -2.48. The second kappa shape index (κ2) is 9.02. The monoisotopic (exact) mass is 407 g/mol. The molecule has 8 nitrogen and oxygen atoms in total. The van der Waals surface area contributed by atoms with Crippen molar-refractivity contribution >= 4 is 5.96 Å². The van der Waals surface area contributed by atoms with Crippen LogP contribution >= 0.6 is 0 Å². The summed E-state index contributed by atoms with van der Waals surface area (Å²) >= 11 is 0. The highest BCUT2D eigenvalue weighted by Crippen LogP contribution is 2.27. The van der Waals surface area contributed by atoms with Crippen molar-refractivity contribution in [2.75, 3.05) is 27.2 Å². The maximum atomic E-state index is 5.22. The molecule has 1 saturated heterocycles. The zero-order valence-electron chi connectivity index (χ0n) is 17.8. The number of guanidine groups is 1. The molecule has 1 aliphatic rings. The van der Waals surface area contributed by atoms with E-state index in [0.717, 1.165) is 42.6 Å². The van der Waals surface area contributed by atoms with Crippen LogP contribution in [-0.2, 0) is 6.54 Å². The lowest BCUT2D eigenvalue weighted by atomic mass is 9.93. The SMILES string of the molecule is CN=C(NCc1ccn(-c2ccc(OC)cc2)n1)N1CCC(C)C(n2ccnc2)C1. The normalized spacial score (nSPS) is 19.7. The highest BCUT2D eigenvalue weighted by Gasteiger charge is 2.28. The number of methoxy groups -OCH3 is 1. The van der Waals surface area contributed by atoms with E-state index in [1.165, 1.54) is 0 Å². The second-order valence-electron chi connectivity index (χ2n) is 7.64. The van der Waals surface area contributed by atoms with Gasteiger partial charge in [0.25, 0.3) is 0 Å². The fourth-order valence-electron chi connectivity index (χ4n) is 3.93. The van der Waals surface area contributed by atoms with Gasteiger partial charge in [0.05, 0.1) is 37.4 Å². The maximum Gasteiger partial charge on any atom is 0.194 e. The Hall–Kier alpha value is -3.29. The number of piperidine rings is 1. The molecule has 0 radical (unpaired) electrons. The lowest BCUT2D eigenvalue weighted by molar-refractivity contribution is 0.189. The molecular formula is C22H29N7O. The molecule has 0 amide bonds. The van der Waals surface area contributed by atoms with Crippen molar-refractivity contribution in [3.63, 3.8) is 0 Å². The molecule has 2 aromatic heterocycles. The third-order valence-corrected chi connectivity index (χ3v) is 5.75. The number of imidazole rings is 1. The highest BCUT2D eigenvalue weighted by atomic mass is 16.5. The van der Waals surface area contributed by atoms with Crippen LogP contribution in [0.5, 0.6) is 5.75 Å². The minimum atomic E-state index is 0.397. The van der Waals surface area contributed by atoms with Crippen LogP contribution in [0.3, 0.4) is 0 Å². The Bertz CT molecular complexity index is 962. The summed E-state index contributed by atoms with van der Waals surface area (Å²) in [6.07, 6.45) is 8.89. The van der Waals surface area contributed by atoms with Crippen molar-refractivity contribution in [1.82, 2.24) is 29.5 Å². The van der Waals surface area contributed by atoms with Crippen molar-refractivity contribution in [2.45, 2.75) is 25.9 Å². The van der Waals surface area contributed by atoms with Crippen LogP contribution in [0.15, 0.2) is 60.2 Å². The van der Waals surface area contributed by atoms with Crippen molar-refractivity contribution in [3.05, 3.63) is 60.9 Å². The molecule has 2 atom stereocenters. The predicted molar refractivity (Wildman–Crippen MR) is 117 cm³/mol. The number of aromatic nitrogens is 4. The van der Waals surface area contributed by atoms with Gasteiger partial charge in [-0.15, -0.1) is 0 Å². The fraction of sp³-hybridized carbons (Fsp3) is 0.409. The average molecular weight is 408 g/mol. The summed E-state index contributed by atoms with van der Waals surface area (Å²) in [6.45, 7) is 4.84. The molecule has 2 unspecified atom stereocenters. The summed E-state index contributed by atoms with van der Waals surface area (Å²) < 4.78 is 9.30. The molecule has 1 aromatic carbocycles. The minimum Gasteiger partial charge on any atom is -0.497 e. The summed E-state index contributed by atoms with van der Waals surface area (Å²) in [7, 11) is 3.50. The van der Waals surface area contributed by atoms with Gasteiger partial charge in [-0.05, 0) is 42.7 Å². The number of rotatable bonds is 5. The fourth-order valence-corrected chi connectivity index (χ4v) is 3.93. The zero-order chi connectivity index (χ0) is 20.9. The van der Waals surface area contributed by atoms with E-state index in [4.69, 9.17) is 4.74 Å². The standard InChI is InChI=1S/C22H29N7O/c1-17-8-11-27(15-21(17)28-13-10-24-16-28)22(23-2)25-14-18-9-12-29(26-18)19-4-6-20(30-3)7-5-19/h4-7,9-10,12-13,16-17,21H,8,11,14-15H2,1-3H3,(H,23,25). The number of aliphatic imine (C=N–C) groups is 1. The number of ether oxygens (including phenoxy) is 1. The summed E-state index contributed by atoms with van der Waals surface area (Å²) in [5.41, 5.74) is 1.96. The van der Waals surface area contributed by atoms with E-state index in [0.29, 0.717) is 18.5 Å². The summed E-state index contributed by atoms with van der Waals surface area (Å²) in [5, 5.41) is 8.16. The number of hydrogen-bond acceptors (Lipinski definition) is 4. The molecule has 1 fully saturated rings. The topological polar surface area (TPSA) is 72.5 Å². The van der Waals surface area contributed by atoms with Crippen molar-refractivity contribution in [3.8, 4) is 11.4 Å². The van der Waals surface area contributed by atoms with Crippen molar-refractivity contribution in [2.24, 2.45) is 10.9 Å². The largest absolute Gasteiger partial charge is 0.497 e. The minimum absolute atomic E-state index is 0.397. The Balaban J connectivity index is 1.38. The Morgan fingerprint density at radius 3 is 2.77 bits per heavy atom. The van der Waals surface area contributed by atoms with Gasteiger partial charge >= 0.3 is 0 Å². The van der Waals surface area contributed by atoms with Gasteiger partial charge < -0.3 is 19.5 Å². The molecule has 3 heterocycles. The molecule has 0 bridgehead atoms. The van der Waals surface area contributed by atoms with Gasteiger partial charge in [-0.3, -0.25) is 4.99 Å². The van der Waals surface area contributed by atoms with Crippen molar-refractivity contribution < 1.29 is 4.74 Å². The third-order valence-electron chi connectivity index (χ3n) is 5.75. The number of nitrogens with one attached hydrogen (secondary N) is 1. The predicted octanol–water partition coefficient (Wildman–Crippen LogP) is 2.74. The lowest BCUT2D eigenvalue weighted by Gasteiger charge is -2.39. The van der Waals surface area contributed by atoms with E-state index in [9.17, 15) is 0 Å². The van der Waals surface area contributed by atoms with Crippen LogP contribution in [0.4, 0.5) is 0 Å². The first kappa shape index (κ1) is 20.0. The van der Waals surface area contributed by atoms with Crippen LogP contribution in [-0.4, -0.2) is 57.4 Å². The molecule has 158 valence electrons. The molecule has 1 aliphatic heterocycles. The van der Waals surface area contributed by atoms with Gasteiger partial charge in [-0.25, -0.2) is 9.67 Å². The smallest absolute Gasteiger partial charge is 0.194 e. The maximum absolute atomic E-state index is 5.22. The van der Waals surface area contributed by atoms with E-state index in [2.05, 4.69) is 36.8 Å². The van der Waals surface area contributed by atoms with Gasteiger partial charge in [0, 0.05) is 38.7 Å². The quantitative estimate of drug-likeness (QED) is 0.520. The van der Waals surface area contributed by atoms with Gasteiger partial charge in [0.15, 0.2) is 5.96 Å². The summed E-state index contributed by atoms with van der Waals surface area (Å²) in [5.74, 6) is 2.35. The molecule has 8 heteroatoms. The Kier molecular flexibility index (Phi) is 6.02.